The summed E-state index contributed by atoms with van der Waals surface area (Å²) in [5.74, 6) is 3.37. The Labute approximate surface area is 158 Å². The number of nitrogens with zero attached hydrogens (tertiary/aromatic N) is 3. The molecule has 1 aromatic heterocycles. The van der Waals surface area contributed by atoms with Crippen molar-refractivity contribution in [3.63, 3.8) is 0 Å². The zero-order valence-corrected chi connectivity index (χ0v) is 15.3. The van der Waals surface area contributed by atoms with E-state index in [0.717, 1.165) is 0 Å². The predicted octanol–water partition coefficient (Wildman–Crippen LogP) is 4.09. The van der Waals surface area contributed by atoms with Crippen molar-refractivity contribution in [3.8, 4) is 0 Å². The van der Waals surface area contributed by atoms with Gasteiger partial charge in [0.2, 0.25) is 11.1 Å². The third-order valence-electron chi connectivity index (χ3n) is 2.82. The van der Waals surface area contributed by atoms with Crippen LogP contribution in [0.25, 0.3) is 0 Å². The first-order chi connectivity index (χ1) is 11.5. The molecule has 2 rings (SSSR count). The molecule has 0 spiro atoms. The molecule has 136 valence electrons. The molecule has 1 heterocycles. The summed E-state index contributed by atoms with van der Waals surface area (Å²) in [4.78, 5) is 12.2. The molecule has 0 radical (unpaired) electrons. The number of nitrogen functional groups attached to an aromatic ring is 1. The Hall–Kier alpha value is -1.36. The minimum absolute atomic E-state index is 0.115. The lowest BCUT2D eigenvalue weighted by Crippen LogP contribution is -2.25. The van der Waals surface area contributed by atoms with Crippen LogP contribution in [0.2, 0.25) is 15.1 Å². The Balaban J connectivity index is 2.13. The van der Waals surface area contributed by atoms with E-state index in [2.05, 4.69) is 15.5 Å². The molecule has 0 bridgehead atoms. The van der Waals surface area contributed by atoms with Crippen molar-refractivity contribution in [1.82, 2.24) is 14.9 Å². The molecule has 0 saturated heterocycles. The average molecular weight is 435 g/mol. The normalized spacial score (nSPS) is 12.9. The van der Waals surface area contributed by atoms with Gasteiger partial charge in [0.25, 0.3) is 5.82 Å². The summed E-state index contributed by atoms with van der Waals surface area (Å²) in [5.41, 5.74) is 0.135. The summed E-state index contributed by atoms with van der Waals surface area (Å²) in [6, 6.07) is 2.77. The minimum Gasteiger partial charge on any atom is -0.335 e. The minimum atomic E-state index is -4.75. The van der Waals surface area contributed by atoms with Crippen LogP contribution in [0.5, 0.6) is 0 Å². The number of nitrogens with one attached hydrogen (secondary N) is 1. The van der Waals surface area contributed by atoms with Gasteiger partial charge in [-0.2, -0.15) is 13.2 Å². The van der Waals surface area contributed by atoms with Crippen LogP contribution >= 0.6 is 46.6 Å². The number of aromatic nitrogens is 3. The highest BCUT2D eigenvalue weighted by molar-refractivity contribution is 8.00. The number of carbonyl (C=O) groups excluding carboxylic acids is 1. The summed E-state index contributed by atoms with van der Waals surface area (Å²) in [7, 11) is 0. The number of anilines is 1. The number of alkyl halides is 3. The Kier molecular flexibility index (Phi) is 5.97. The van der Waals surface area contributed by atoms with E-state index in [1.54, 1.807) is 0 Å². The van der Waals surface area contributed by atoms with Crippen molar-refractivity contribution in [2.45, 2.75) is 23.5 Å². The maximum Gasteiger partial charge on any atom is 0.453 e. The number of hydrogen-bond acceptors (Lipinski definition) is 5. The predicted molar refractivity (Wildman–Crippen MR) is 90.6 cm³/mol. The standard InChI is InChI=1S/C12H9Cl3F3N5OS/c1-4(25-11-22-21-10(23(11)19)12(16,17)18)9(24)20-8-6(14)2-5(13)3-7(8)15/h2-4H,19H2,1H3,(H,20,24). The summed E-state index contributed by atoms with van der Waals surface area (Å²) < 4.78 is 38.2. The molecule has 1 unspecified atom stereocenters. The second kappa shape index (κ2) is 7.48. The fourth-order valence-corrected chi connectivity index (χ4v) is 3.33. The SMILES string of the molecule is CC(Sc1nnc(C(F)(F)F)n1N)C(=O)Nc1c(Cl)cc(Cl)cc1Cl. The molecule has 6 nitrogen and oxygen atoms in total. The molecule has 0 aliphatic heterocycles. The van der Waals surface area contributed by atoms with E-state index in [4.69, 9.17) is 40.6 Å². The molecular formula is C12H9Cl3F3N5OS. The van der Waals surface area contributed by atoms with Crippen LogP contribution in [-0.2, 0) is 11.0 Å². The summed E-state index contributed by atoms with van der Waals surface area (Å²) >= 11 is 18.4. The molecule has 3 N–H and O–H groups in total. The first-order valence-electron chi connectivity index (χ1n) is 6.40. The van der Waals surface area contributed by atoms with Crippen LogP contribution < -0.4 is 11.2 Å². The number of carbonyl (C=O) groups is 1. The van der Waals surface area contributed by atoms with Gasteiger partial charge in [0.05, 0.1) is 21.0 Å². The first-order valence-corrected chi connectivity index (χ1v) is 8.41. The topological polar surface area (TPSA) is 85.8 Å². The first kappa shape index (κ1) is 20.0. The molecule has 1 atom stereocenters. The molecule has 0 saturated carbocycles. The van der Waals surface area contributed by atoms with E-state index in [9.17, 15) is 18.0 Å². The van der Waals surface area contributed by atoms with Crippen molar-refractivity contribution >= 4 is 58.2 Å². The molecule has 0 aliphatic rings. The van der Waals surface area contributed by atoms with Crippen molar-refractivity contribution < 1.29 is 18.0 Å². The van der Waals surface area contributed by atoms with Gasteiger partial charge in [0, 0.05) is 5.02 Å². The second-order valence-corrected chi connectivity index (χ2v) is 7.23. The molecule has 2 aromatic rings. The van der Waals surface area contributed by atoms with Gasteiger partial charge in [-0.25, -0.2) is 4.68 Å². The maximum atomic E-state index is 12.6. The van der Waals surface area contributed by atoms with Gasteiger partial charge >= 0.3 is 6.18 Å². The average Bonchev–Trinajstić information content (AvgIpc) is 2.83. The maximum absolute atomic E-state index is 12.6. The van der Waals surface area contributed by atoms with Gasteiger partial charge in [-0.05, 0) is 19.1 Å². The van der Waals surface area contributed by atoms with Gasteiger partial charge in [0.15, 0.2) is 0 Å². The molecule has 1 amide bonds. The summed E-state index contributed by atoms with van der Waals surface area (Å²) in [5, 5.41) is 8.17. The van der Waals surface area contributed by atoms with E-state index < -0.39 is 23.2 Å². The number of benzene rings is 1. The zero-order valence-electron chi connectivity index (χ0n) is 12.2. The third-order valence-corrected chi connectivity index (χ3v) is 4.70. The molecule has 0 aliphatic carbocycles. The van der Waals surface area contributed by atoms with Crippen LogP contribution in [0.15, 0.2) is 17.3 Å². The lowest BCUT2D eigenvalue weighted by molar-refractivity contribution is -0.146. The van der Waals surface area contributed by atoms with Crippen molar-refractivity contribution in [3.05, 3.63) is 33.0 Å². The Morgan fingerprint density at radius 1 is 1.28 bits per heavy atom. The van der Waals surface area contributed by atoms with Crippen molar-refractivity contribution in [2.75, 3.05) is 11.2 Å². The number of nitrogens with two attached hydrogens (primary N) is 1. The molecular weight excluding hydrogens is 426 g/mol. The molecule has 25 heavy (non-hydrogen) atoms. The fraction of sp³-hybridized carbons (Fsp3) is 0.250. The Morgan fingerprint density at radius 3 is 2.32 bits per heavy atom. The largest absolute Gasteiger partial charge is 0.453 e. The van der Waals surface area contributed by atoms with Crippen molar-refractivity contribution in [2.24, 2.45) is 0 Å². The number of rotatable bonds is 4. The lowest BCUT2D eigenvalue weighted by atomic mass is 10.3. The number of thioether (sulfide) groups is 1. The fourth-order valence-electron chi connectivity index (χ4n) is 1.65. The van der Waals surface area contributed by atoms with Crippen LogP contribution in [0.3, 0.4) is 0 Å². The highest BCUT2D eigenvalue weighted by Gasteiger charge is 2.38. The molecule has 13 heteroatoms. The molecule has 0 fully saturated rings. The van der Waals surface area contributed by atoms with E-state index in [1.807, 2.05) is 0 Å². The van der Waals surface area contributed by atoms with Gasteiger partial charge in [-0.15, -0.1) is 10.2 Å². The van der Waals surface area contributed by atoms with E-state index in [-0.39, 0.29) is 30.6 Å². The van der Waals surface area contributed by atoms with E-state index >= 15 is 0 Å². The second-order valence-electron chi connectivity index (χ2n) is 4.67. The highest BCUT2D eigenvalue weighted by atomic mass is 35.5. The van der Waals surface area contributed by atoms with Crippen LogP contribution in [0.4, 0.5) is 18.9 Å². The van der Waals surface area contributed by atoms with Gasteiger partial charge in [0.1, 0.15) is 0 Å². The van der Waals surface area contributed by atoms with Crippen LogP contribution in [-0.4, -0.2) is 26.0 Å². The zero-order chi connectivity index (χ0) is 18.9. The van der Waals surface area contributed by atoms with Gasteiger partial charge < -0.3 is 11.2 Å². The highest BCUT2D eigenvalue weighted by Crippen LogP contribution is 2.35. The third kappa shape index (κ3) is 4.63. The number of hydrogen-bond donors (Lipinski definition) is 2. The van der Waals surface area contributed by atoms with E-state index in [1.165, 1.54) is 19.1 Å². The van der Waals surface area contributed by atoms with Crippen LogP contribution in [0.1, 0.15) is 12.7 Å². The quantitative estimate of drug-likeness (QED) is 0.559. The van der Waals surface area contributed by atoms with Gasteiger partial charge in [-0.3, -0.25) is 4.79 Å². The molecule has 1 aromatic carbocycles. The number of halogens is 6. The number of amides is 1. The Bertz CT molecular complexity index is 791. The van der Waals surface area contributed by atoms with Crippen LogP contribution in [0, 0.1) is 0 Å². The Morgan fingerprint density at radius 2 is 1.84 bits per heavy atom. The summed E-state index contributed by atoms with van der Waals surface area (Å²) in [6.07, 6.45) is -4.75. The monoisotopic (exact) mass is 433 g/mol. The summed E-state index contributed by atoms with van der Waals surface area (Å²) in [6.45, 7) is 1.44. The van der Waals surface area contributed by atoms with Gasteiger partial charge in [-0.1, -0.05) is 46.6 Å². The lowest BCUT2D eigenvalue weighted by Gasteiger charge is -2.14. The smallest absolute Gasteiger partial charge is 0.335 e. The van der Waals surface area contributed by atoms with E-state index in [0.29, 0.717) is 11.8 Å². The van der Waals surface area contributed by atoms with Crippen molar-refractivity contribution in [1.29, 1.82) is 0 Å².